The Labute approximate surface area is 154 Å². The van der Waals surface area contributed by atoms with Crippen LogP contribution in [0.25, 0.3) is 16.9 Å². The number of rotatable bonds is 3. The van der Waals surface area contributed by atoms with Gasteiger partial charge in [0.1, 0.15) is 11.6 Å². The van der Waals surface area contributed by atoms with Crippen molar-refractivity contribution in [2.45, 2.75) is 33.1 Å². The van der Waals surface area contributed by atoms with Gasteiger partial charge in [-0.25, -0.2) is 4.68 Å². The van der Waals surface area contributed by atoms with Crippen molar-refractivity contribution in [1.82, 2.24) is 9.78 Å². The summed E-state index contributed by atoms with van der Waals surface area (Å²) in [4.78, 5) is 0. The third-order valence-corrected chi connectivity index (χ3v) is 5.30. The van der Waals surface area contributed by atoms with Gasteiger partial charge in [0.15, 0.2) is 0 Å². The molecule has 2 heterocycles. The van der Waals surface area contributed by atoms with Gasteiger partial charge in [-0.15, -0.1) is 0 Å². The quantitative estimate of drug-likeness (QED) is 0.731. The number of anilines is 1. The van der Waals surface area contributed by atoms with Gasteiger partial charge in [-0.05, 0) is 74.6 Å². The summed E-state index contributed by atoms with van der Waals surface area (Å²) >= 11 is 0. The second-order valence-corrected chi connectivity index (χ2v) is 6.92. The van der Waals surface area contributed by atoms with Crippen molar-refractivity contribution in [1.29, 1.82) is 0 Å². The second-order valence-electron chi connectivity index (χ2n) is 6.92. The number of aromatic nitrogens is 2. The van der Waals surface area contributed by atoms with E-state index in [1.54, 1.807) is 7.11 Å². The van der Waals surface area contributed by atoms with E-state index in [9.17, 15) is 0 Å². The molecular formula is C22H25N3O. The molecule has 0 aliphatic carbocycles. The number of hydrogen-bond donors (Lipinski definition) is 1. The van der Waals surface area contributed by atoms with Gasteiger partial charge < -0.3 is 10.1 Å². The Morgan fingerprint density at radius 3 is 2.62 bits per heavy atom. The highest BCUT2D eigenvalue weighted by Crippen LogP contribution is 2.35. The summed E-state index contributed by atoms with van der Waals surface area (Å²) in [5.74, 6) is 2.01. The Balaban J connectivity index is 1.90. The molecular weight excluding hydrogens is 322 g/mol. The molecule has 0 amide bonds. The molecule has 1 aliphatic rings. The lowest BCUT2D eigenvalue weighted by atomic mass is 10.0. The van der Waals surface area contributed by atoms with E-state index < -0.39 is 0 Å². The van der Waals surface area contributed by atoms with Crippen molar-refractivity contribution >= 4 is 5.82 Å². The van der Waals surface area contributed by atoms with Crippen LogP contribution in [0.15, 0.2) is 42.5 Å². The number of nitrogens with one attached hydrogen (secondary N) is 1. The molecule has 1 aromatic heterocycles. The molecule has 134 valence electrons. The van der Waals surface area contributed by atoms with Crippen molar-refractivity contribution in [3.8, 4) is 22.7 Å². The van der Waals surface area contributed by atoms with E-state index in [1.165, 1.54) is 29.5 Å². The van der Waals surface area contributed by atoms with Gasteiger partial charge in [-0.1, -0.05) is 12.1 Å². The third-order valence-electron chi connectivity index (χ3n) is 5.30. The summed E-state index contributed by atoms with van der Waals surface area (Å²) < 4.78 is 7.40. The first kappa shape index (κ1) is 16.7. The predicted molar refractivity (Wildman–Crippen MR) is 106 cm³/mol. The largest absolute Gasteiger partial charge is 0.497 e. The Morgan fingerprint density at radius 1 is 1.04 bits per heavy atom. The SMILES string of the molecule is COc1ccc(-c2nn(-c3cccc(C)c3C)c3c2CCCCN3)cc1. The molecule has 3 aromatic rings. The Morgan fingerprint density at radius 2 is 1.85 bits per heavy atom. The fourth-order valence-corrected chi connectivity index (χ4v) is 3.62. The fraction of sp³-hybridized carbons (Fsp3) is 0.318. The molecule has 4 rings (SSSR count). The Kier molecular flexibility index (Phi) is 4.41. The van der Waals surface area contributed by atoms with E-state index in [2.05, 4.69) is 54.2 Å². The summed E-state index contributed by atoms with van der Waals surface area (Å²) in [7, 11) is 1.69. The highest BCUT2D eigenvalue weighted by Gasteiger charge is 2.22. The van der Waals surface area contributed by atoms with Crippen molar-refractivity contribution in [3.63, 3.8) is 0 Å². The lowest BCUT2D eigenvalue weighted by Crippen LogP contribution is -2.08. The standard InChI is InChI=1S/C22H25N3O/c1-15-7-6-9-20(16(15)2)25-22-19(8-4-5-14-23-22)21(24-25)17-10-12-18(26-3)13-11-17/h6-7,9-13,23H,4-5,8,14H2,1-3H3. The van der Waals surface area contributed by atoms with Crippen LogP contribution in [0.1, 0.15) is 29.5 Å². The van der Waals surface area contributed by atoms with E-state index in [0.717, 1.165) is 41.5 Å². The summed E-state index contributed by atoms with van der Waals surface area (Å²) in [6.07, 6.45) is 3.42. The number of fused-ring (bicyclic) bond motifs is 1. The van der Waals surface area contributed by atoms with Gasteiger partial charge >= 0.3 is 0 Å². The molecule has 0 fully saturated rings. The molecule has 0 bridgehead atoms. The molecule has 0 saturated carbocycles. The average molecular weight is 347 g/mol. The number of aryl methyl sites for hydroxylation is 1. The average Bonchev–Trinajstić information content (AvgIpc) is 2.85. The van der Waals surface area contributed by atoms with Crippen LogP contribution in [-0.4, -0.2) is 23.4 Å². The molecule has 0 spiro atoms. The van der Waals surface area contributed by atoms with Gasteiger partial charge in [-0.3, -0.25) is 0 Å². The highest BCUT2D eigenvalue weighted by molar-refractivity contribution is 5.72. The molecule has 1 aliphatic heterocycles. The summed E-state index contributed by atoms with van der Waals surface area (Å²) in [6.45, 7) is 5.31. The first-order chi connectivity index (χ1) is 12.7. The minimum atomic E-state index is 0.868. The predicted octanol–water partition coefficient (Wildman–Crippen LogP) is 4.91. The molecule has 0 atom stereocenters. The molecule has 1 N–H and O–H groups in total. The van der Waals surface area contributed by atoms with Crippen LogP contribution >= 0.6 is 0 Å². The topological polar surface area (TPSA) is 39.1 Å². The first-order valence-electron chi connectivity index (χ1n) is 9.26. The van der Waals surface area contributed by atoms with Gasteiger partial charge in [0, 0.05) is 17.7 Å². The van der Waals surface area contributed by atoms with Crippen LogP contribution in [0.5, 0.6) is 5.75 Å². The minimum Gasteiger partial charge on any atom is -0.497 e. The maximum absolute atomic E-state index is 5.30. The molecule has 0 radical (unpaired) electrons. The third kappa shape index (κ3) is 2.85. The smallest absolute Gasteiger partial charge is 0.133 e. The summed E-state index contributed by atoms with van der Waals surface area (Å²) in [6, 6.07) is 14.6. The number of nitrogens with zero attached hydrogens (tertiary/aromatic N) is 2. The maximum atomic E-state index is 5.30. The van der Waals surface area contributed by atoms with Crippen LogP contribution in [0.3, 0.4) is 0 Å². The first-order valence-corrected chi connectivity index (χ1v) is 9.26. The van der Waals surface area contributed by atoms with Crippen LogP contribution in [0.2, 0.25) is 0 Å². The number of ether oxygens (including phenoxy) is 1. The zero-order valence-corrected chi connectivity index (χ0v) is 15.7. The van der Waals surface area contributed by atoms with Crippen LogP contribution in [0, 0.1) is 13.8 Å². The summed E-state index contributed by atoms with van der Waals surface area (Å²) in [5.41, 5.74) is 7.22. The van der Waals surface area contributed by atoms with Crippen molar-refractivity contribution in [3.05, 3.63) is 59.2 Å². The van der Waals surface area contributed by atoms with Crippen molar-refractivity contribution in [2.24, 2.45) is 0 Å². The van der Waals surface area contributed by atoms with E-state index in [1.807, 2.05) is 12.1 Å². The normalized spacial score (nSPS) is 13.7. The van der Waals surface area contributed by atoms with E-state index in [-0.39, 0.29) is 0 Å². The van der Waals surface area contributed by atoms with Crippen LogP contribution in [0.4, 0.5) is 5.82 Å². The number of benzene rings is 2. The summed E-state index contributed by atoms with van der Waals surface area (Å²) in [5, 5.41) is 8.67. The lowest BCUT2D eigenvalue weighted by molar-refractivity contribution is 0.415. The fourth-order valence-electron chi connectivity index (χ4n) is 3.62. The van der Waals surface area contributed by atoms with E-state index >= 15 is 0 Å². The monoisotopic (exact) mass is 347 g/mol. The zero-order valence-electron chi connectivity index (χ0n) is 15.7. The lowest BCUT2D eigenvalue weighted by Gasteiger charge is -2.13. The minimum absolute atomic E-state index is 0.868. The van der Waals surface area contributed by atoms with Crippen molar-refractivity contribution in [2.75, 3.05) is 19.0 Å². The van der Waals surface area contributed by atoms with E-state index in [0.29, 0.717) is 0 Å². The van der Waals surface area contributed by atoms with Gasteiger partial charge in [-0.2, -0.15) is 5.10 Å². The Hall–Kier alpha value is -2.75. The molecule has 2 aromatic carbocycles. The van der Waals surface area contributed by atoms with Crippen LogP contribution in [-0.2, 0) is 6.42 Å². The maximum Gasteiger partial charge on any atom is 0.133 e. The molecule has 26 heavy (non-hydrogen) atoms. The molecule has 4 heteroatoms. The number of methoxy groups -OCH3 is 1. The molecule has 4 nitrogen and oxygen atoms in total. The van der Waals surface area contributed by atoms with E-state index in [4.69, 9.17) is 9.84 Å². The second kappa shape index (κ2) is 6.87. The highest BCUT2D eigenvalue weighted by atomic mass is 16.5. The van der Waals surface area contributed by atoms with Gasteiger partial charge in [0.2, 0.25) is 0 Å². The molecule has 0 unspecified atom stereocenters. The van der Waals surface area contributed by atoms with Gasteiger partial charge in [0.25, 0.3) is 0 Å². The van der Waals surface area contributed by atoms with Gasteiger partial charge in [0.05, 0.1) is 18.5 Å². The molecule has 0 saturated heterocycles. The van der Waals surface area contributed by atoms with Crippen molar-refractivity contribution < 1.29 is 4.74 Å². The van der Waals surface area contributed by atoms with Crippen LogP contribution < -0.4 is 10.1 Å². The number of hydrogen-bond acceptors (Lipinski definition) is 3. The Bertz CT molecular complexity index is 925. The zero-order chi connectivity index (χ0) is 18.1.